The van der Waals surface area contributed by atoms with Crippen LogP contribution in [0.15, 0.2) is 0 Å². The van der Waals surface area contributed by atoms with E-state index in [0.717, 1.165) is 11.9 Å². The third-order valence-corrected chi connectivity index (χ3v) is 1.02. The van der Waals surface area contributed by atoms with Crippen molar-refractivity contribution in [1.29, 1.82) is 0 Å². The Morgan fingerprint density at radius 1 is 1.50 bits per heavy atom. The summed E-state index contributed by atoms with van der Waals surface area (Å²) in [7, 11) is 3.92. The fourth-order valence-electron chi connectivity index (χ4n) is 0.218. The molecule has 0 aromatic rings. The molecule has 0 bridgehead atoms. The highest BCUT2D eigenvalue weighted by Crippen LogP contribution is 1.86. The summed E-state index contributed by atoms with van der Waals surface area (Å²) in [6.07, 6.45) is 0. The summed E-state index contributed by atoms with van der Waals surface area (Å²) in [6, 6.07) is 0. The SMILES string of the molecule is C[N+](C)(N)CCBr.[Br-]. The highest BCUT2D eigenvalue weighted by molar-refractivity contribution is 9.09. The predicted octanol–water partition coefficient (Wildman–Crippen LogP) is -2.66. The minimum absolute atomic E-state index is 0. The molecule has 0 amide bonds. The first-order chi connectivity index (χ1) is 3.06. The molecule has 0 saturated carbocycles. The molecule has 4 heteroatoms. The average Bonchev–Trinajstić information content (AvgIpc) is 1.30. The lowest BCUT2D eigenvalue weighted by Crippen LogP contribution is -3.00. The summed E-state index contributed by atoms with van der Waals surface area (Å²) in [5, 5.41) is 0.969. The molecule has 0 fully saturated rings. The third-order valence-electron chi connectivity index (χ3n) is 0.661. The number of nitrogens with two attached hydrogens (primary N) is 1. The van der Waals surface area contributed by atoms with Crippen LogP contribution in [0.4, 0.5) is 0 Å². The molecule has 0 radical (unpaired) electrons. The van der Waals surface area contributed by atoms with E-state index in [-0.39, 0.29) is 17.0 Å². The van der Waals surface area contributed by atoms with Gasteiger partial charge in [0, 0.05) is 0 Å². The van der Waals surface area contributed by atoms with Gasteiger partial charge in [-0.2, -0.15) is 5.84 Å². The zero-order valence-corrected chi connectivity index (χ0v) is 8.37. The second kappa shape index (κ2) is 4.73. The van der Waals surface area contributed by atoms with E-state index in [2.05, 4.69) is 15.9 Å². The monoisotopic (exact) mass is 246 g/mol. The molecule has 0 unspecified atom stereocenters. The quantitative estimate of drug-likeness (QED) is 0.245. The molecule has 0 aromatic carbocycles. The smallest absolute Gasteiger partial charge is 0.105 e. The molecule has 8 heavy (non-hydrogen) atoms. The number of halogens is 2. The molecule has 0 aromatic heterocycles. The molecule has 0 heterocycles. The van der Waals surface area contributed by atoms with Gasteiger partial charge in [-0.1, -0.05) is 15.9 Å². The van der Waals surface area contributed by atoms with Crippen molar-refractivity contribution in [3.05, 3.63) is 0 Å². The second-order valence-corrected chi connectivity index (χ2v) is 2.98. The second-order valence-electron chi connectivity index (χ2n) is 2.19. The van der Waals surface area contributed by atoms with Gasteiger partial charge in [0.05, 0.1) is 19.4 Å². The fraction of sp³-hybridized carbons (Fsp3) is 1.00. The number of rotatable bonds is 2. The van der Waals surface area contributed by atoms with E-state index in [1.165, 1.54) is 0 Å². The van der Waals surface area contributed by atoms with Gasteiger partial charge >= 0.3 is 0 Å². The van der Waals surface area contributed by atoms with E-state index in [4.69, 9.17) is 5.84 Å². The molecule has 0 saturated heterocycles. The van der Waals surface area contributed by atoms with Gasteiger partial charge < -0.3 is 17.0 Å². The van der Waals surface area contributed by atoms with E-state index in [1.807, 2.05) is 14.1 Å². The van der Waals surface area contributed by atoms with Crippen LogP contribution in [0.3, 0.4) is 0 Å². The Morgan fingerprint density at radius 3 is 1.88 bits per heavy atom. The van der Waals surface area contributed by atoms with Gasteiger partial charge in [-0.3, -0.25) is 4.59 Å². The largest absolute Gasteiger partial charge is 1.00 e. The van der Waals surface area contributed by atoms with E-state index in [1.54, 1.807) is 0 Å². The molecule has 0 aliphatic carbocycles. The number of quaternary nitrogens is 1. The summed E-state index contributed by atoms with van der Waals surface area (Å²) < 4.78 is 0.547. The maximum absolute atomic E-state index is 5.55. The van der Waals surface area contributed by atoms with Crippen molar-refractivity contribution in [3.63, 3.8) is 0 Å². The van der Waals surface area contributed by atoms with Crippen molar-refractivity contribution in [3.8, 4) is 0 Å². The minimum Gasteiger partial charge on any atom is -1.00 e. The van der Waals surface area contributed by atoms with E-state index in [9.17, 15) is 0 Å². The third kappa shape index (κ3) is 9.99. The van der Waals surface area contributed by atoms with Crippen LogP contribution in [-0.2, 0) is 0 Å². The molecule has 2 N–H and O–H groups in total. The molecule has 0 aliphatic rings. The Kier molecular flexibility index (Phi) is 6.89. The molecule has 0 spiro atoms. The van der Waals surface area contributed by atoms with Crippen LogP contribution < -0.4 is 22.8 Å². The molecule has 0 aliphatic heterocycles. The lowest BCUT2D eigenvalue weighted by atomic mass is 10.6. The minimum atomic E-state index is 0. The summed E-state index contributed by atoms with van der Waals surface area (Å²) in [4.78, 5) is 0. The molecular formula is C4H12Br2N2. The molecule has 2 nitrogen and oxygen atoms in total. The van der Waals surface area contributed by atoms with Gasteiger partial charge in [-0.05, 0) is 0 Å². The number of alkyl halides is 1. The summed E-state index contributed by atoms with van der Waals surface area (Å²) >= 11 is 3.29. The van der Waals surface area contributed by atoms with Gasteiger partial charge in [0.1, 0.15) is 6.54 Å². The lowest BCUT2D eigenvalue weighted by molar-refractivity contribution is -0.899. The van der Waals surface area contributed by atoms with Crippen molar-refractivity contribution in [2.45, 2.75) is 0 Å². The molecule has 0 atom stereocenters. The zero-order valence-electron chi connectivity index (χ0n) is 5.19. The fourth-order valence-corrected chi connectivity index (χ4v) is 1.13. The predicted molar refractivity (Wildman–Crippen MR) is 35.0 cm³/mol. The normalized spacial score (nSPS) is 10.5. The summed E-state index contributed by atoms with van der Waals surface area (Å²) in [5.41, 5.74) is 0. The lowest BCUT2D eigenvalue weighted by Gasteiger charge is -2.20. The van der Waals surface area contributed by atoms with Crippen molar-refractivity contribution in [2.24, 2.45) is 5.84 Å². The number of hydrogen-bond acceptors (Lipinski definition) is 1. The van der Waals surface area contributed by atoms with E-state index in [0.29, 0.717) is 4.59 Å². The van der Waals surface area contributed by atoms with Gasteiger partial charge in [-0.15, -0.1) is 0 Å². The molecular weight excluding hydrogens is 236 g/mol. The van der Waals surface area contributed by atoms with Crippen LogP contribution in [0.1, 0.15) is 0 Å². The van der Waals surface area contributed by atoms with Gasteiger partial charge in [-0.25, -0.2) is 0 Å². The van der Waals surface area contributed by atoms with Crippen LogP contribution in [-0.4, -0.2) is 30.6 Å². The Hall–Kier alpha value is 0.880. The average molecular weight is 248 g/mol. The maximum atomic E-state index is 5.55. The Labute approximate surface area is 69.5 Å². The zero-order chi connectivity index (χ0) is 5.91. The van der Waals surface area contributed by atoms with Crippen molar-refractivity contribution in [1.82, 2.24) is 0 Å². The Bertz CT molecular complexity index is 50.5. The van der Waals surface area contributed by atoms with E-state index < -0.39 is 0 Å². The number of hydrogen-bond donors (Lipinski definition) is 1. The standard InChI is InChI=1S/C4H12BrN2.BrH/c1-7(2,6)4-3-5;/h3-4,6H2,1-2H3;1H/q+1;/p-1. The van der Waals surface area contributed by atoms with Crippen LogP contribution in [0, 0.1) is 0 Å². The van der Waals surface area contributed by atoms with Crippen LogP contribution in [0.2, 0.25) is 0 Å². The van der Waals surface area contributed by atoms with Gasteiger partial charge in [0.2, 0.25) is 0 Å². The van der Waals surface area contributed by atoms with Crippen LogP contribution in [0.25, 0.3) is 0 Å². The van der Waals surface area contributed by atoms with Crippen molar-refractivity contribution in [2.75, 3.05) is 26.0 Å². The summed E-state index contributed by atoms with van der Waals surface area (Å²) in [6.45, 7) is 0.972. The van der Waals surface area contributed by atoms with Gasteiger partial charge in [0.15, 0.2) is 0 Å². The highest BCUT2D eigenvalue weighted by atomic mass is 79.9. The molecule has 0 rings (SSSR count). The topological polar surface area (TPSA) is 26.0 Å². The summed E-state index contributed by atoms with van der Waals surface area (Å²) in [5.74, 6) is 5.55. The van der Waals surface area contributed by atoms with Crippen LogP contribution >= 0.6 is 15.9 Å². The Morgan fingerprint density at radius 2 is 1.88 bits per heavy atom. The first-order valence-corrected chi connectivity index (χ1v) is 3.36. The van der Waals surface area contributed by atoms with Crippen molar-refractivity contribution < 1.29 is 21.6 Å². The van der Waals surface area contributed by atoms with Crippen LogP contribution in [0.5, 0.6) is 0 Å². The first kappa shape index (κ1) is 11.6. The van der Waals surface area contributed by atoms with Crippen molar-refractivity contribution >= 4 is 15.9 Å². The number of nitrogens with zero attached hydrogens (tertiary/aromatic N) is 1. The van der Waals surface area contributed by atoms with E-state index >= 15 is 0 Å². The van der Waals surface area contributed by atoms with Gasteiger partial charge in [0.25, 0.3) is 0 Å². The maximum Gasteiger partial charge on any atom is 0.105 e. The highest BCUT2D eigenvalue weighted by Gasteiger charge is 2.03. The molecule has 52 valence electrons. The first-order valence-electron chi connectivity index (χ1n) is 2.24. The Balaban J connectivity index is 0.